The number of ketones is 1. The molecule has 13 heteroatoms. The van der Waals surface area contributed by atoms with Crippen LogP contribution in [0.4, 0.5) is 0 Å². The van der Waals surface area contributed by atoms with E-state index in [1.807, 2.05) is 0 Å². The normalized spacial score (nSPS) is 12.4. The van der Waals surface area contributed by atoms with E-state index in [-0.39, 0.29) is 24.6 Å². The van der Waals surface area contributed by atoms with Gasteiger partial charge in [-0.2, -0.15) is 21.7 Å². The number of aromatic nitrogens is 6. The van der Waals surface area contributed by atoms with Crippen molar-refractivity contribution in [2.75, 3.05) is 0 Å². The molecule has 2 unspecified atom stereocenters. The maximum Gasteiger partial charge on any atom is 1.00 e. The van der Waals surface area contributed by atoms with E-state index in [1.54, 1.807) is 37.9 Å². The first-order chi connectivity index (χ1) is 19.7. The van der Waals surface area contributed by atoms with Crippen molar-refractivity contribution in [1.29, 1.82) is 0 Å². The van der Waals surface area contributed by atoms with E-state index in [9.17, 15) is 15.0 Å². The fourth-order valence-electron chi connectivity index (χ4n) is 2.01. The zero-order valence-corrected chi connectivity index (χ0v) is 31.8. The Morgan fingerprint density at radius 1 is 0.909 bits per heavy atom. The monoisotopic (exact) mass is 694 g/mol. The average molecular weight is 696 g/mol. The number of hydrogen-bond acceptors (Lipinski definition) is 6. The Morgan fingerprint density at radius 3 is 1.55 bits per heavy atom. The number of hydrogen-bond donors (Lipinski definition) is 5. The fraction of sp³-hybridized carbons (Fsp3) is 0.452. The second-order valence-electron chi connectivity index (χ2n) is 11.6. The molecule has 0 fully saturated rings. The molecule has 0 saturated carbocycles. The Morgan fingerprint density at radius 2 is 1.32 bits per heavy atom. The van der Waals surface area contributed by atoms with E-state index in [1.165, 1.54) is 26.5 Å². The third kappa shape index (κ3) is 25.9. The molecular weight excluding hydrogens is 647 g/mol. The summed E-state index contributed by atoms with van der Waals surface area (Å²) in [6.45, 7) is 23.2. The van der Waals surface area contributed by atoms with E-state index < -0.39 is 27.3 Å². The molecule has 0 aliphatic carbocycles. The molecule has 0 amide bonds. The number of Topliss-reactive ketones (excluding diaryl/α,β-unsaturated/α-hetero) is 1. The minimum atomic E-state index is -1.43. The summed E-state index contributed by atoms with van der Waals surface area (Å²) < 4.78 is 0.988. The largest absolute Gasteiger partial charge is 1.00 e. The summed E-state index contributed by atoms with van der Waals surface area (Å²) in [7, 11) is -2.73. The van der Waals surface area contributed by atoms with Gasteiger partial charge in [0.25, 0.3) is 0 Å². The van der Waals surface area contributed by atoms with E-state index in [0.717, 1.165) is 10.9 Å². The summed E-state index contributed by atoms with van der Waals surface area (Å²) in [5.41, 5.74) is 5.13. The summed E-state index contributed by atoms with van der Waals surface area (Å²) in [5, 5.41) is 38.4. The molecule has 3 heterocycles. The SMILES string of the molecule is Brc1cn[nH]c1.C#CC(C)(O)c1cn[nH]c1.CC(=O)C#C[Si](C)(C)C.CC(O)(C#C[Si](C)(C)C)c1cn[nH]c1.[CH2-]CCC.[Li+]. The van der Waals surface area contributed by atoms with Crippen molar-refractivity contribution in [2.24, 2.45) is 0 Å². The first kappa shape index (κ1) is 45.8. The van der Waals surface area contributed by atoms with Gasteiger partial charge >= 0.3 is 18.9 Å². The Kier molecular flexibility index (Phi) is 23.8. The van der Waals surface area contributed by atoms with E-state index in [4.69, 9.17) is 6.42 Å². The van der Waals surface area contributed by atoms with E-state index in [0.29, 0.717) is 11.1 Å². The summed E-state index contributed by atoms with van der Waals surface area (Å²) >= 11 is 3.19. The average Bonchev–Trinajstić information content (AvgIpc) is 3.71. The van der Waals surface area contributed by atoms with Crippen LogP contribution in [0.5, 0.6) is 0 Å². The summed E-state index contributed by atoms with van der Waals surface area (Å²) in [6.07, 6.45) is 17.1. The zero-order chi connectivity index (χ0) is 33.7. The van der Waals surface area contributed by atoms with Gasteiger partial charge in [-0.05, 0) is 35.7 Å². The Labute approximate surface area is 286 Å². The molecule has 3 rings (SSSR count). The van der Waals surface area contributed by atoms with Gasteiger partial charge in [-0.1, -0.05) is 64.5 Å². The van der Waals surface area contributed by atoms with Crippen molar-refractivity contribution < 1.29 is 33.9 Å². The van der Waals surface area contributed by atoms with Gasteiger partial charge in [0.1, 0.15) is 16.1 Å². The maximum absolute atomic E-state index is 10.3. The Bertz CT molecular complexity index is 1320. The van der Waals surface area contributed by atoms with Crippen LogP contribution in [-0.4, -0.2) is 62.7 Å². The molecule has 236 valence electrons. The van der Waals surface area contributed by atoms with Crippen LogP contribution >= 0.6 is 15.9 Å². The van der Waals surface area contributed by atoms with Gasteiger partial charge in [0.2, 0.25) is 5.78 Å². The molecule has 0 aromatic carbocycles. The molecule has 0 aliphatic rings. The Balaban J connectivity index is -0.000000501. The second kappa shape index (κ2) is 22.9. The number of aromatic amines is 3. The summed E-state index contributed by atoms with van der Waals surface area (Å²) in [4.78, 5) is 10.3. The molecule has 0 aliphatic heterocycles. The van der Waals surface area contributed by atoms with Crippen LogP contribution in [0, 0.1) is 42.2 Å². The molecule has 0 radical (unpaired) electrons. The number of aliphatic hydroxyl groups is 2. The third-order valence-electron chi connectivity index (χ3n) is 4.51. The number of unbranched alkanes of at least 4 members (excludes halogenated alkanes) is 1. The maximum atomic E-state index is 10.3. The number of terminal acetylenes is 1. The minimum Gasteiger partial charge on any atom is -0.374 e. The van der Waals surface area contributed by atoms with Crippen LogP contribution in [0.3, 0.4) is 0 Å². The van der Waals surface area contributed by atoms with Gasteiger partial charge in [0.05, 0.1) is 23.1 Å². The minimum absolute atomic E-state index is 0. The number of H-pyrrole nitrogens is 3. The van der Waals surface area contributed by atoms with Gasteiger partial charge in [-0.3, -0.25) is 20.1 Å². The molecular formula is C31H48BrLiN6O3Si2. The Hall–Kier alpha value is -2.59. The van der Waals surface area contributed by atoms with Gasteiger partial charge in [0, 0.05) is 36.6 Å². The smallest absolute Gasteiger partial charge is 0.374 e. The number of nitrogens with one attached hydrogen (secondary N) is 3. The molecule has 44 heavy (non-hydrogen) atoms. The van der Waals surface area contributed by atoms with Crippen molar-refractivity contribution in [1.82, 2.24) is 30.6 Å². The van der Waals surface area contributed by atoms with Crippen LogP contribution < -0.4 is 18.9 Å². The van der Waals surface area contributed by atoms with Crippen LogP contribution in [0.25, 0.3) is 0 Å². The van der Waals surface area contributed by atoms with Crippen LogP contribution in [-0.2, 0) is 16.0 Å². The van der Waals surface area contributed by atoms with Gasteiger partial charge in [-0.25, -0.2) is 0 Å². The predicted octanol–water partition coefficient (Wildman–Crippen LogP) is 3.00. The number of halogens is 1. The molecule has 0 saturated heterocycles. The van der Waals surface area contributed by atoms with Gasteiger partial charge in [-0.15, -0.1) is 17.5 Å². The van der Waals surface area contributed by atoms with Crippen molar-refractivity contribution in [3.05, 3.63) is 59.7 Å². The molecule has 2 atom stereocenters. The number of carbonyl (C=O) groups excluding carboxylic acids is 1. The fourth-order valence-corrected chi connectivity index (χ4v) is 3.38. The molecule has 3 aromatic rings. The van der Waals surface area contributed by atoms with Gasteiger partial charge in [0.15, 0.2) is 11.2 Å². The van der Waals surface area contributed by atoms with Crippen molar-refractivity contribution >= 4 is 37.9 Å². The molecule has 0 bridgehead atoms. The van der Waals surface area contributed by atoms with E-state index in [2.05, 4.69) is 129 Å². The number of nitrogens with zero attached hydrogens (tertiary/aromatic N) is 3. The molecule has 3 aromatic heterocycles. The molecule has 5 N–H and O–H groups in total. The van der Waals surface area contributed by atoms with Gasteiger partial charge < -0.3 is 17.1 Å². The van der Waals surface area contributed by atoms with Crippen molar-refractivity contribution in [2.45, 2.75) is 91.0 Å². The van der Waals surface area contributed by atoms with Crippen molar-refractivity contribution in [3.63, 3.8) is 0 Å². The number of carbonyl (C=O) groups is 1. The summed E-state index contributed by atoms with van der Waals surface area (Å²) in [5.74, 6) is 7.68. The molecule has 9 nitrogen and oxygen atoms in total. The second-order valence-corrected chi connectivity index (χ2v) is 22.0. The quantitative estimate of drug-likeness (QED) is 0.162. The predicted molar refractivity (Wildman–Crippen MR) is 185 cm³/mol. The van der Waals surface area contributed by atoms with Crippen LogP contribution in [0.2, 0.25) is 39.3 Å². The summed E-state index contributed by atoms with van der Waals surface area (Å²) in [6, 6.07) is 0. The van der Waals surface area contributed by atoms with Crippen LogP contribution in [0.1, 0.15) is 51.7 Å². The zero-order valence-electron chi connectivity index (χ0n) is 28.2. The van der Waals surface area contributed by atoms with Crippen LogP contribution in [0.15, 0.2) is 41.7 Å². The third-order valence-corrected chi connectivity index (χ3v) is 6.70. The first-order valence-corrected chi connectivity index (χ1v) is 21.4. The van der Waals surface area contributed by atoms with E-state index >= 15 is 0 Å². The first-order valence-electron chi connectivity index (χ1n) is 13.6. The number of rotatable bonds is 3. The molecule has 0 spiro atoms. The topological polar surface area (TPSA) is 144 Å². The standard InChI is InChI=1S/C10H16N2OSi.C7H8N2O.C7H12OSi.C4H9.C3H3BrN2.Li/c1-10(13,5-6-14(2,3)4)9-7-11-12-8-9;1-3-7(2,10)6-4-8-9-5-6;1-7(8)5-6-9(2,3)4;1-3-4-2;4-3-1-5-6-2-3;/h7-8,13H,1-4H3,(H,11,12);1,4-5,10H,2H3,(H,8,9);1-4H3;1,3-4H2,2H3;1-2H,(H,5,6);/q;;;-1;;+1. The van der Waals surface area contributed by atoms with Crippen molar-refractivity contribution in [3.8, 4) is 35.3 Å².